The van der Waals surface area contributed by atoms with Crippen molar-refractivity contribution in [3.05, 3.63) is 23.8 Å². The zero-order valence-electron chi connectivity index (χ0n) is 19.1. The number of anilines is 1. The molecule has 4 aliphatic rings. The predicted molar refractivity (Wildman–Crippen MR) is 123 cm³/mol. The highest BCUT2D eigenvalue weighted by Gasteiger charge is 2.46. The minimum absolute atomic E-state index is 0.00372. The van der Waals surface area contributed by atoms with E-state index in [1.54, 1.807) is 0 Å². The van der Waals surface area contributed by atoms with Gasteiger partial charge in [-0.1, -0.05) is 19.3 Å². The fourth-order valence-electron chi connectivity index (χ4n) is 5.43. The van der Waals surface area contributed by atoms with E-state index in [1.165, 1.54) is 19.3 Å². The fourth-order valence-corrected chi connectivity index (χ4v) is 5.43. The second kappa shape index (κ2) is 9.89. The molecule has 5 rings (SSSR count). The largest absolute Gasteiger partial charge is 0.487 e. The Labute approximate surface area is 194 Å². The minimum Gasteiger partial charge on any atom is -0.487 e. The van der Waals surface area contributed by atoms with E-state index in [9.17, 15) is 14.7 Å². The van der Waals surface area contributed by atoms with Gasteiger partial charge in [-0.3, -0.25) is 4.79 Å². The summed E-state index contributed by atoms with van der Waals surface area (Å²) < 4.78 is 12.2. The molecule has 0 unspecified atom stereocenters. The first-order chi connectivity index (χ1) is 16.1. The number of nitrogens with one attached hydrogen (secondary N) is 3. The SMILES string of the molecule is O=C(C[C@H]1C[C@@H]2c3cc(NC(=O)NC4CCCCC4)ccc3O[C@@H]2[C@H](CO)O1)NCC1CC1. The lowest BCUT2D eigenvalue weighted by Crippen LogP contribution is -2.47. The Balaban J connectivity index is 1.23. The number of hydrogen-bond acceptors (Lipinski definition) is 5. The number of amides is 3. The first-order valence-corrected chi connectivity index (χ1v) is 12.5. The van der Waals surface area contributed by atoms with E-state index < -0.39 is 6.10 Å². The maximum atomic E-state index is 12.5. The summed E-state index contributed by atoms with van der Waals surface area (Å²) in [6, 6.07) is 5.74. The van der Waals surface area contributed by atoms with Crippen molar-refractivity contribution >= 4 is 17.6 Å². The molecule has 2 aliphatic heterocycles. The summed E-state index contributed by atoms with van der Waals surface area (Å²) in [7, 11) is 0. The number of rotatable bonds is 7. The number of aliphatic hydroxyl groups excluding tert-OH is 1. The van der Waals surface area contributed by atoms with Gasteiger partial charge in [-0.15, -0.1) is 0 Å². The van der Waals surface area contributed by atoms with Crippen LogP contribution in [0.4, 0.5) is 10.5 Å². The van der Waals surface area contributed by atoms with Crippen LogP contribution in [0, 0.1) is 5.92 Å². The van der Waals surface area contributed by atoms with E-state index in [2.05, 4.69) is 16.0 Å². The number of carbonyl (C=O) groups excluding carboxylic acids is 2. The molecule has 2 saturated carbocycles. The van der Waals surface area contributed by atoms with Gasteiger partial charge < -0.3 is 30.5 Å². The van der Waals surface area contributed by atoms with Crippen LogP contribution in [0.15, 0.2) is 18.2 Å². The molecule has 4 N–H and O–H groups in total. The maximum absolute atomic E-state index is 12.5. The zero-order valence-corrected chi connectivity index (χ0v) is 19.1. The van der Waals surface area contributed by atoms with Gasteiger partial charge >= 0.3 is 6.03 Å². The lowest BCUT2D eigenvalue weighted by atomic mass is 9.84. The molecule has 0 bridgehead atoms. The summed E-state index contributed by atoms with van der Waals surface area (Å²) in [5.74, 6) is 1.39. The molecule has 0 spiro atoms. The first kappa shape index (κ1) is 22.5. The highest BCUT2D eigenvalue weighted by atomic mass is 16.6. The van der Waals surface area contributed by atoms with E-state index in [4.69, 9.17) is 9.47 Å². The molecule has 2 heterocycles. The summed E-state index contributed by atoms with van der Waals surface area (Å²) in [4.78, 5) is 24.9. The molecule has 33 heavy (non-hydrogen) atoms. The minimum atomic E-state index is -0.483. The standard InChI is InChI=1S/C25H35N3O5/c29-14-22-24-20(11-18(32-22)12-23(30)26-13-15-6-7-15)19-10-17(8-9-21(19)33-24)28-25(31)27-16-4-2-1-3-5-16/h8-10,15-16,18,20,22,24,29H,1-7,11-14H2,(H,26,30)(H2,27,28,31)/t18-,20-,22+,24+/m1/s1. The number of urea groups is 1. The van der Waals surface area contributed by atoms with E-state index >= 15 is 0 Å². The number of hydrogen-bond donors (Lipinski definition) is 4. The van der Waals surface area contributed by atoms with Crippen LogP contribution in [0.1, 0.15) is 69.3 Å². The average Bonchev–Trinajstić information content (AvgIpc) is 3.58. The van der Waals surface area contributed by atoms with Crippen LogP contribution in [-0.2, 0) is 9.53 Å². The van der Waals surface area contributed by atoms with Gasteiger partial charge in [0, 0.05) is 29.8 Å². The molecule has 2 aliphatic carbocycles. The Morgan fingerprint density at radius 3 is 2.67 bits per heavy atom. The van der Waals surface area contributed by atoms with Gasteiger partial charge in [0.25, 0.3) is 0 Å². The van der Waals surface area contributed by atoms with Gasteiger partial charge in [-0.2, -0.15) is 0 Å². The molecule has 3 amide bonds. The third kappa shape index (κ3) is 5.44. The lowest BCUT2D eigenvalue weighted by molar-refractivity contribution is -0.142. The highest BCUT2D eigenvalue weighted by molar-refractivity contribution is 5.89. The maximum Gasteiger partial charge on any atom is 0.319 e. The summed E-state index contributed by atoms with van der Waals surface area (Å²) >= 11 is 0. The molecule has 0 radical (unpaired) electrons. The fraction of sp³-hybridized carbons (Fsp3) is 0.680. The van der Waals surface area contributed by atoms with Crippen LogP contribution in [0.25, 0.3) is 0 Å². The highest BCUT2D eigenvalue weighted by Crippen LogP contribution is 2.47. The average molecular weight is 458 g/mol. The monoisotopic (exact) mass is 457 g/mol. The van der Waals surface area contributed by atoms with Crippen molar-refractivity contribution in [3.8, 4) is 5.75 Å². The molecule has 1 aromatic rings. The molecule has 180 valence electrons. The third-order valence-corrected chi connectivity index (χ3v) is 7.40. The van der Waals surface area contributed by atoms with Crippen LogP contribution in [-0.4, -0.2) is 54.6 Å². The molecule has 0 aromatic heterocycles. The summed E-state index contributed by atoms with van der Waals surface area (Å²) in [5.41, 5.74) is 1.72. The van der Waals surface area contributed by atoms with Crippen molar-refractivity contribution in [2.45, 2.75) is 88.1 Å². The van der Waals surface area contributed by atoms with Crippen LogP contribution < -0.4 is 20.7 Å². The first-order valence-electron chi connectivity index (χ1n) is 12.5. The van der Waals surface area contributed by atoms with Gasteiger partial charge in [0.05, 0.1) is 19.1 Å². The van der Waals surface area contributed by atoms with Gasteiger partial charge in [-0.25, -0.2) is 4.79 Å². The van der Waals surface area contributed by atoms with Gasteiger partial charge in [0.15, 0.2) is 0 Å². The predicted octanol–water partition coefficient (Wildman–Crippen LogP) is 3.05. The number of benzene rings is 1. The van der Waals surface area contributed by atoms with Crippen molar-refractivity contribution in [2.75, 3.05) is 18.5 Å². The molecule has 4 atom stereocenters. The number of fused-ring (bicyclic) bond motifs is 3. The van der Waals surface area contributed by atoms with Crippen LogP contribution in [0.2, 0.25) is 0 Å². The Hall–Kier alpha value is -2.32. The normalized spacial score (nSPS) is 28.9. The zero-order chi connectivity index (χ0) is 22.8. The van der Waals surface area contributed by atoms with Crippen molar-refractivity contribution in [1.29, 1.82) is 0 Å². The smallest absolute Gasteiger partial charge is 0.319 e. The quantitative estimate of drug-likeness (QED) is 0.503. The molecule has 3 fully saturated rings. The second-order valence-electron chi connectivity index (χ2n) is 10.0. The molecular weight excluding hydrogens is 422 g/mol. The molecule has 1 saturated heterocycles. The molecule has 8 heteroatoms. The van der Waals surface area contributed by atoms with Crippen molar-refractivity contribution in [1.82, 2.24) is 10.6 Å². The Morgan fingerprint density at radius 2 is 1.91 bits per heavy atom. The summed E-state index contributed by atoms with van der Waals surface area (Å²) in [5, 5.41) is 19.0. The Kier molecular flexibility index (Phi) is 6.74. The van der Waals surface area contributed by atoms with Gasteiger partial charge in [0.1, 0.15) is 18.0 Å². The Morgan fingerprint density at radius 1 is 1.09 bits per heavy atom. The molecule has 1 aromatic carbocycles. The van der Waals surface area contributed by atoms with Crippen LogP contribution in [0.5, 0.6) is 5.75 Å². The summed E-state index contributed by atoms with van der Waals surface area (Å²) in [6.45, 7) is 0.579. The van der Waals surface area contributed by atoms with Crippen LogP contribution in [0.3, 0.4) is 0 Å². The van der Waals surface area contributed by atoms with E-state index in [0.29, 0.717) is 12.3 Å². The van der Waals surface area contributed by atoms with Gasteiger partial charge in [-0.05, 0) is 56.2 Å². The Bertz CT molecular complexity index is 868. The van der Waals surface area contributed by atoms with Crippen molar-refractivity contribution in [3.63, 3.8) is 0 Å². The number of aliphatic hydroxyl groups is 1. The summed E-state index contributed by atoms with van der Waals surface area (Å²) in [6.07, 6.45) is 7.91. The lowest BCUT2D eigenvalue weighted by Gasteiger charge is -2.37. The molecule has 8 nitrogen and oxygen atoms in total. The van der Waals surface area contributed by atoms with E-state index in [1.807, 2.05) is 18.2 Å². The van der Waals surface area contributed by atoms with Crippen molar-refractivity contribution < 1.29 is 24.2 Å². The number of carbonyl (C=O) groups is 2. The molecular formula is C25H35N3O5. The van der Waals surface area contributed by atoms with Gasteiger partial charge in [0.2, 0.25) is 5.91 Å². The van der Waals surface area contributed by atoms with E-state index in [-0.39, 0.29) is 49.1 Å². The van der Waals surface area contributed by atoms with Crippen LogP contribution >= 0.6 is 0 Å². The second-order valence-corrected chi connectivity index (χ2v) is 10.0. The third-order valence-electron chi connectivity index (χ3n) is 7.40. The van der Waals surface area contributed by atoms with E-state index in [0.717, 1.165) is 49.2 Å². The number of ether oxygens (including phenoxy) is 2. The topological polar surface area (TPSA) is 109 Å². The van der Waals surface area contributed by atoms with Crippen molar-refractivity contribution in [2.24, 2.45) is 5.92 Å².